The topological polar surface area (TPSA) is 61.8 Å². The van der Waals surface area contributed by atoms with Gasteiger partial charge in [-0.2, -0.15) is 0 Å². The van der Waals surface area contributed by atoms with Crippen LogP contribution in [0.1, 0.15) is 38.1 Å². The summed E-state index contributed by atoms with van der Waals surface area (Å²) in [6.45, 7) is 10.9. The Hall–Kier alpha value is -1.42. The van der Waals surface area contributed by atoms with Crippen molar-refractivity contribution in [2.24, 2.45) is 4.99 Å². The van der Waals surface area contributed by atoms with Crippen LogP contribution >= 0.6 is 35.6 Å². The summed E-state index contributed by atoms with van der Waals surface area (Å²) < 4.78 is 5.93. The summed E-state index contributed by atoms with van der Waals surface area (Å²) in [6, 6.07) is 14.2. The first-order valence-electron chi connectivity index (χ1n) is 10.5. The van der Waals surface area contributed by atoms with E-state index in [0.29, 0.717) is 6.54 Å². The maximum atomic E-state index is 6.13. The van der Waals surface area contributed by atoms with Crippen LogP contribution in [0.2, 0.25) is 5.02 Å². The molecule has 0 saturated carbocycles. The van der Waals surface area contributed by atoms with Crippen molar-refractivity contribution in [3.8, 4) is 0 Å². The van der Waals surface area contributed by atoms with Gasteiger partial charge in [0.15, 0.2) is 5.96 Å². The van der Waals surface area contributed by atoms with Crippen molar-refractivity contribution in [1.82, 2.24) is 20.5 Å². The summed E-state index contributed by atoms with van der Waals surface area (Å²) >= 11 is 6.13. The maximum absolute atomic E-state index is 6.13. The number of pyridine rings is 1. The lowest BCUT2D eigenvalue weighted by Gasteiger charge is -2.42. The number of nitrogens with zero attached hydrogens (tertiary/aromatic N) is 3. The second kappa shape index (κ2) is 12.6. The van der Waals surface area contributed by atoms with E-state index in [0.717, 1.165) is 49.5 Å². The quantitative estimate of drug-likeness (QED) is 0.303. The van der Waals surface area contributed by atoms with Crippen molar-refractivity contribution in [2.45, 2.75) is 39.0 Å². The SMILES string of the molecule is CCNC(=NCc1ccccn1)NCC(c1ccc(Cl)cc1)N1CCOC(C)(C)C1.I. The number of ether oxygens (including phenoxy) is 1. The predicted molar refractivity (Wildman–Crippen MR) is 138 cm³/mol. The van der Waals surface area contributed by atoms with E-state index in [4.69, 9.17) is 21.3 Å². The lowest BCUT2D eigenvalue weighted by atomic mass is 10.0. The van der Waals surface area contributed by atoms with Gasteiger partial charge in [0, 0.05) is 37.4 Å². The molecular weight excluding hydrogens is 525 g/mol. The van der Waals surface area contributed by atoms with Crippen molar-refractivity contribution in [3.05, 3.63) is 64.9 Å². The van der Waals surface area contributed by atoms with Crippen LogP contribution in [0.15, 0.2) is 53.7 Å². The van der Waals surface area contributed by atoms with Crippen molar-refractivity contribution in [2.75, 3.05) is 32.8 Å². The molecule has 1 unspecified atom stereocenters. The van der Waals surface area contributed by atoms with Gasteiger partial charge in [-0.15, -0.1) is 24.0 Å². The van der Waals surface area contributed by atoms with Crippen LogP contribution in [0.25, 0.3) is 0 Å². The highest BCUT2D eigenvalue weighted by Crippen LogP contribution is 2.27. The van der Waals surface area contributed by atoms with Crippen LogP contribution in [0.5, 0.6) is 0 Å². The zero-order chi connectivity index (χ0) is 21.4. The van der Waals surface area contributed by atoms with E-state index >= 15 is 0 Å². The van der Waals surface area contributed by atoms with Gasteiger partial charge in [-0.25, -0.2) is 4.99 Å². The zero-order valence-corrected chi connectivity index (χ0v) is 21.6. The largest absolute Gasteiger partial charge is 0.373 e. The molecule has 1 aliphatic rings. The predicted octanol–water partition coefficient (Wildman–Crippen LogP) is 4.26. The molecule has 0 bridgehead atoms. The molecule has 3 rings (SSSR count). The Bertz CT molecular complexity index is 816. The number of rotatable bonds is 7. The molecule has 31 heavy (non-hydrogen) atoms. The van der Waals surface area contributed by atoms with Gasteiger partial charge >= 0.3 is 0 Å². The number of guanidine groups is 1. The summed E-state index contributed by atoms with van der Waals surface area (Å²) in [5.41, 5.74) is 2.00. The maximum Gasteiger partial charge on any atom is 0.191 e. The number of nitrogens with one attached hydrogen (secondary N) is 2. The molecule has 8 heteroatoms. The molecule has 1 saturated heterocycles. The van der Waals surface area contributed by atoms with E-state index < -0.39 is 0 Å². The van der Waals surface area contributed by atoms with E-state index in [9.17, 15) is 0 Å². The molecule has 170 valence electrons. The van der Waals surface area contributed by atoms with Crippen LogP contribution in [0, 0.1) is 0 Å². The molecule has 1 aromatic heterocycles. The highest BCUT2D eigenvalue weighted by molar-refractivity contribution is 14.0. The standard InChI is InChI=1S/C23H32ClN5O.HI/c1-4-25-22(27-15-20-7-5-6-12-26-20)28-16-21(18-8-10-19(24)11-9-18)29-13-14-30-23(2,3)17-29;/h5-12,21H,4,13-17H2,1-3H3,(H2,25,27,28);1H. The van der Waals surface area contributed by atoms with Gasteiger partial charge in [0.05, 0.1) is 30.5 Å². The zero-order valence-electron chi connectivity index (χ0n) is 18.5. The fraction of sp³-hybridized carbons (Fsp3) is 0.478. The Labute approximate surface area is 207 Å². The number of halogens is 2. The lowest BCUT2D eigenvalue weighted by Crippen LogP contribution is -2.52. The molecule has 2 heterocycles. The van der Waals surface area contributed by atoms with Gasteiger partial charge in [-0.3, -0.25) is 9.88 Å². The van der Waals surface area contributed by atoms with E-state index in [1.54, 1.807) is 6.20 Å². The first kappa shape index (κ1) is 25.8. The van der Waals surface area contributed by atoms with Gasteiger partial charge in [-0.05, 0) is 50.6 Å². The third-order valence-corrected chi connectivity index (χ3v) is 5.34. The van der Waals surface area contributed by atoms with Crippen molar-refractivity contribution in [1.29, 1.82) is 0 Å². The average molecular weight is 558 g/mol. The smallest absolute Gasteiger partial charge is 0.191 e. The molecule has 0 amide bonds. The van der Waals surface area contributed by atoms with Gasteiger partial charge < -0.3 is 15.4 Å². The van der Waals surface area contributed by atoms with E-state index in [1.165, 1.54) is 5.56 Å². The highest BCUT2D eigenvalue weighted by atomic mass is 127. The van der Waals surface area contributed by atoms with Crippen molar-refractivity contribution < 1.29 is 4.74 Å². The fourth-order valence-electron chi connectivity index (χ4n) is 3.65. The van der Waals surface area contributed by atoms with Crippen molar-refractivity contribution in [3.63, 3.8) is 0 Å². The highest BCUT2D eigenvalue weighted by Gasteiger charge is 2.32. The summed E-state index contributed by atoms with van der Waals surface area (Å²) in [5, 5.41) is 7.61. The van der Waals surface area contributed by atoms with Gasteiger partial charge in [0.25, 0.3) is 0 Å². The molecule has 2 aromatic rings. The molecule has 0 radical (unpaired) electrons. The van der Waals surface area contributed by atoms with E-state index in [2.05, 4.69) is 53.4 Å². The number of hydrogen-bond acceptors (Lipinski definition) is 4. The number of aliphatic imine (C=N–C) groups is 1. The van der Waals surface area contributed by atoms with Crippen LogP contribution < -0.4 is 10.6 Å². The Morgan fingerprint density at radius 2 is 2.00 bits per heavy atom. The van der Waals surface area contributed by atoms with Gasteiger partial charge in [-0.1, -0.05) is 29.8 Å². The van der Waals surface area contributed by atoms with Crippen LogP contribution in [0.4, 0.5) is 0 Å². The molecule has 6 nitrogen and oxygen atoms in total. The molecular formula is C23H33ClIN5O. The number of hydrogen-bond donors (Lipinski definition) is 2. The summed E-state index contributed by atoms with van der Waals surface area (Å²) in [5.74, 6) is 0.787. The Kier molecular flexibility index (Phi) is 10.5. The van der Waals surface area contributed by atoms with Gasteiger partial charge in [0.1, 0.15) is 0 Å². The minimum Gasteiger partial charge on any atom is -0.373 e. The molecule has 1 aliphatic heterocycles. The van der Waals surface area contributed by atoms with E-state index in [-0.39, 0.29) is 35.6 Å². The molecule has 0 aliphatic carbocycles. The Morgan fingerprint density at radius 1 is 1.23 bits per heavy atom. The fourth-order valence-corrected chi connectivity index (χ4v) is 3.77. The van der Waals surface area contributed by atoms with E-state index in [1.807, 2.05) is 30.3 Å². The average Bonchev–Trinajstić information content (AvgIpc) is 2.73. The second-order valence-electron chi connectivity index (χ2n) is 8.04. The first-order chi connectivity index (χ1) is 14.5. The minimum atomic E-state index is -0.166. The first-order valence-corrected chi connectivity index (χ1v) is 10.9. The number of benzene rings is 1. The van der Waals surface area contributed by atoms with Crippen LogP contribution in [0.3, 0.4) is 0 Å². The van der Waals surface area contributed by atoms with Crippen LogP contribution in [-0.4, -0.2) is 54.2 Å². The lowest BCUT2D eigenvalue weighted by molar-refractivity contribution is -0.0971. The normalized spacial score (nSPS) is 17.5. The Balaban J connectivity index is 0.00000341. The summed E-state index contributed by atoms with van der Waals surface area (Å²) in [4.78, 5) is 11.5. The summed E-state index contributed by atoms with van der Waals surface area (Å²) in [6.07, 6.45) is 1.79. The monoisotopic (exact) mass is 557 g/mol. The second-order valence-corrected chi connectivity index (χ2v) is 8.48. The molecule has 1 atom stereocenters. The third-order valence-electron chi connectivity index (χ3n) is 5.08. The van der Waals surface area contributed by atoms with Crippen molar-refractivity contribution >= 4 is 41.5 Å². The Morgan fingerprint density at radius 3 is 2.65 bits per heavy atom. The number of morpholine rings is 1. The molecule has 1 fully saturated rings. The summed E-state index contributed by atoms with van der Waals surface area (Å²) in [7, 11) is 0. The molecule has 0 spiro atoms. The molecule has 2 N–H and O–H groups in total. The van der Waals surface area contributed by atoms with Gasteiger partial charge in [0.2, 0.25) is 0 Å². The minimum absolute atomic E-state index is 0. The number of aromatic nitrogens is 1. The molecule has 1 aromatic carbocycles. The van der Waals surface area contributed by atoms with Crippen LogP contribution in [-0.2, 0) is 11.3 Å². The third kappa shape index (κ3) is 8.21.